The van der Waals surface area contributed by atoms with Crippen molar-refractivity contribution in [1.82, 2.24) is 0 Å². The van der Waals surface area contributed by atoms with Gasteiger partial charge in [0.1, 0.15) is 11.9 Å². The van der Waals surface area contributed by atoms with Crippen LogP contribution in [0.4, 0.5) is 4.39 Å². The fourth-order valence-electron chi connectivity index (χ4n) is 6.41. The summed E-state index contributed by atoms with van der Waals surface area (Å²) in [7, 11) is -0.993. The summed E-state index contributed by atoms with van der Waals surface area (Å²) < 4.78 is 14.0. The van der Waals surface area contributed by atoms with E-state index in [0.29, 0.717) is 5.92 Å². The summed E-state index contributed by atoms with van der Waals surface area (Å²) in [5.41, 5.74) is 3.43. The van der Waals surface area contributed by atoms with Gasteiger partial charge in [-0.2, -0.15) is 5.26 Å². The van der Waals surface area contributed by atoms with Crippen LogP contribution in [0.1, 0.15) is 88.2 Å². The van der Waals surface area contributed by atoms with E-state index in [1.165, 1.54) is 87.9 Å². The Bertz CT molecular complexity index is 927. The molecule has 2 aromatic carbocycles. The molecule has 2 saturated heterocycles. The van der Waals surface area contributed by atoms with Gasteiger partial charge < -0.3 is 0 Å². The number of rotatable bonds is 8. The maximum absolute atomic E-state index is 14.0. The molecule has 0 saturated carbocycles. The highest BCUT2D eigenvalue weighted by molar-refractivity contribution is 6.80. The number of nitriles is 1. The molecule has 0 bridgehead atoms. The normalized spacial score (nSPS) is 25.1. The number of nitrogens with zero attached hydrogens (tertiary/aromatic N) is 1. The van der Waals surface area contributed by atoms with Gasteiger partial charge in [-0.1, -0.05) is 113 Å². The van der Waals surface area contributed by atoms with Crippen molar-refractivity contribution in [3.63, 3.8) is 0 Å². The lowest BCUT2D eigenvalue weighted by Crippen LogP contribution is -2.41. The molecule has 0 unspecified atom stereocenters. The van der Waals surface area contributed by atoms with Crippen LogP contribution in [-0.4, -0.2) is 8.07 Å². The maximum atomic E-state index is 14.0. The number of halogens is 1. The SMILES string of the molecule is CCCCCCCC1CC[Si]2(CC1)CCC(c1ccc(-c3ccc(C#N)c(F)c3)cc1)CC2. The first-order chi connectivity index (χ1) is 16.1. The highest BCUT2D eigenvalue weighted by atomic mass is 28.3. The fourth-order valence-corrected chi connectivity index (χ4v) is 11.9. The van der Waals surface area contributed by atoms with Gasteiger partial charge in [0, 0.05) is 0 Å². The maximum Gasteiger partial charge on any atom is 0.141 e. The number of unbranched alkanes of at least 4 members (excludes halogenated alkanes) is 4. The Kier molecular flexibility index (Phi) is 8.42. The van der Waals surface area contributed by atoms with Gasteiger partial charge in [-0.15, -0.1) is 0 Å². The second kappa shape index (κ2) is 11.5. The Morgan fingerprint density at radius 3 is 2.12 bits per heavy atom. The van der Waals surface area contributed by atoms with Gasteiger partial charge in [-0.25, -0.2) is 4.39 Å². The second-order valence-corrected chi connectivity index (χ2v) is 15.8. The molecule has 2 fully saturated rings. The lowest BCUT2D eigenvalue weighted by Gasteiger charge is -2.43. The Labute approximate surface area is 201 Å². The first-order valence-electron chi connectivity index (χ1n) is 13.4. The number of benzene rings is 2. The monoisotopic (exact) mass is 461 g/mol. The summed E-state index contributed by atoms with van der Waals surface area (Å²) in [5.74, 6) is 1.29. The molecule has 2 aliphatic heterocycles. The third kappa shape index (κ3) is 6.15. The summed E-state index contributed by atoms with van der Waals surface area (Å²) in [6.45, 7) is 2.30. The van der Waals surface area contributed by atoms with Gasteiger partial charge in [0.15, 0.2) is 0 Å². The van der Waals surface area contributed by atoms with Crippen LogP contribution in [0.25, 0.3) is 11.1 Å². The highest BCUT2D eigenvalue weighted by Crippen LogP contribution is 2.47. The quantitative estimate of drug-likeness (QED) is 0.283. The molecular weight excluding hydrogens is 421 g/mol. The lowest BCUT2D eigenvalue weighted by molar-refractivity contribution is 0.404. The van der Waals surface area contributed by atoms with Crippen molar-refractivity contribution in [3.8, 4) is 17.2 Å². The molecule has 0 atom stereocenters. The summed E-state index contributed by atoms with van der Waals surface area (Å²) >= 11 is 0. The van der Waals surface area contributed by atoms with Crippen molar-refractivity contribution in [2.24, 2.45) is 5.92 Å². The van der Waals surface area contributed by atoms with Crippen molar-refractivity contribution in [3.05, 3.63) is 59.4 Å². The topological polar surface area (TPSA) is 23.8 Å². The first-order valence-corrected chi connectivity index (χ1v) is 16.3. The predicted octanol–water partition coefficient (Wildman–Crippen LogP) is 9.46. The van der Waals surface area contributed by atoms with E-state index < -0.39 is 13.9 Å². The molecule has 2 aliphatic rings. The van der Waals surface area contributed by atoms with Gasteiger partial charge >= 0.3 is 0 Å². The van der Waals surface area contributed by atoms with Crippen LogP contribution in [0, 0.1) is 23.1 Å². The molecule has 0 amide bonds. The van der Waals surface area contributed by atoms with Crippen molar-refractivity contribution >= 4 is 8.07 Å². The molecular formula is C30H40FNSi. The molecule has 1 nitrogen and oxygen atoms in total. The molecule has 176 valence electrons. The minimum atomic E-state index is -0.993. The minimum absolute atomic E-state index is 0.108. The van der Waals surface area contributed by atoms with Crippen molar-refractivity contribution < 1.29 is 4.39 Å². The van der Waals surface area contributed by atoms with Gasteiger partial charge in [0.2, 0.25) is 0 Å². The van der Waals surface area contributed by atoms with E-state index in [1.807, 2.05) is 12.1 Å². The zero-order valence-electron chi connectivity index (χ0n) is 20.4. The van der Waals surface area contributed by atoms with Crippen LogP contribution in [-0.2, 0) is 0 Å². The number of hydrogen-bond acceptors (Lipinski definition) is 1. The molecule has 0 aromatic heterocycles. The molecule has 0 radical (unpaired) electrons. The molecule has 4 rings (SSSR count). The zero-order chi connectivity index (χ0) is 23.1. The summed E-state index contributed by atoms with van der Waals surface area (Å²) in [4.78, 5) is 0. The Hall–Kier alpha value is -1.92. The van der Waals surface area contributed by atoms with E-state index in [0.717, 1.165) is 17.0 Å². The molecule has 0 N–H and O–H groups in total. The van der Waals surface area contributed by atoms with E-state index in [2.05, 4.69) is 31.2 Å². The zero-order valence-corrected chi connectivity index (χ0v) is 21.4. The van der Waals surface area contributed by atoms with Gasteiger partial charge in [-0.3, -0.25) is 0 Å². The van der Waals surface area contributed by atoms with Crippen LogP contribution in [0.3, 0.4) is 0 Å². The predicted molar refractivity (Wildman–Crippen MR) is 140 cm³/mol. The average Bonchev–Trinajstić information content (AvgIpc) is 2.86. The van der Waals surface area contributed by atoms with E-state index in [-0.39, 0.29) is 5.56 Å². The third-order valence-corrected chi connectivity index (χ3v) is 14.1. The molecule has 3 heteroatoms. The van der Waals surface area contributed by atoms with Crippen LogP contribution >= 0.6 is 0 Å². The smallest absolute Gasteiger partial charge is 0.141 e. The lowest BCUT2D eigenvalue weighted by atomic mass is 9.91. The fraction of sp³-hybridized carbons (Fsp3) is 0.567. The minimum Gasteiger partial charge on any atom is -0.206 e. The van der Waals surface area contributed by atoms with Crippen LogP contribution < -0.4 is 0 Å². The standard InChI is InChI=1S/C30H40FNSi/c1-2-3-4-5-6-7-24-14-18-33(19-15-24)20-16-27(17-21-33)25-8-10-26(11-9-25)28-12-13-29(23-32)30(31)22-28/h8-13,22,24,27H,2-7,14-21H2,1H3. The Balaban J connectivity index is 1.26. The van der Waals surface area contributed by atoms with Gasteiger partial charge in [0.05, 0.1) is 13.6 Å². The van der Waals surface area contributed by atoms with Gasteiger partial charge in [-0.05, 0) is 53.5 Å². The molecule has 33 heavy (non-hydrogen) atoms. The molecule has 0 aliphatic carbocycles. The van der Waals surface area contributed by atoms with Crippen molar-refractivity contribution in [2.75, 3.05) is 0 Å². The molecule has 1 spiro atoms. The van der Waals surface area contributed by atoms with E-state index >= 15 is 0 Å². The first kappa shape index (κ1) is 24.2. The van der Waals surface area contributed by atoms with E-state index in [4.69, 9.17) is 5.26 Å². The Morgan fingerprint density at radius 1 is 0.848 bits per heavy atom. The third-order valence-electron chi connectivity index (χ3n) is 8.73. The van der Waals surface area contributed by atoms with Crippen molar-refractivity contribution in [1.29, 1.82) is 5.26 Å². The van der Waals surface area contributed by atoms with E-state index in [1.54, 1.807) is 18.2 Å². The van der Waals surface area contributed by atoms with E-state index in [9.17, 15) is 4.39 Å². The highest BCUT2D eigenvalue weighted by Gasteiger charge is 2.40. The number of hydrogen-bond donors (Lipinski definition) is 0. The summed E-state index contributed by atoms with van der Waals surface area (Å²) in [6.07, 6.45) is 14.4. The van der Waals surface area contributed by atoms with Crippen LogP contribution in [0.2, 0.25) is 24.2 Å². The molecule has 2 aromatic rings. The summed E-state index contributed by atoms with van der Waals surface area (Å²) in [6, 6.07) is 21.8. The Morgan fingerprint density at radius 2 is 1.48 bits per heavy atom. The van der Waals surface area contributed by atoms with Crippen LogP contribution in [0.5, 0.6) is 0 Å². The average molecular weight is 462 g/mol. The molecule has 2 heterocycles. The largest absolute Gasteiger partial charge is 0.206 e. The second-order valence-electron chi connectivity index (χ2n) is 10.8. The van der Waals surface area contributed by atoms with Gasteiger partial charge in [0.25, 0.3) is 0 Å². The van der Waals surface area contributed by atoms with Crippen molar-refractivity contribution in [2.45, 2.75) is 101 Å². The summed E-state index contributed by atoms with van der Waals surface area (Å²) in [5, 5.41) is 8.94. The van der Waals surface area contributed by atoms with Crippen LogP contribution in [0.15, 0.2) is 42.5 Å².